The average molecular weight is 222 g/mol. The molecule has 0 aliphatic rings. The molecule has 0 bridgehead atoms. The van der Waals surface area contributed by atoms with Crippen molar-refractivity contribution in [3.8, 4) is 5.75 Å². The van der Waals surface area contributed by atoms with Crippen molar-refractivity contribution in [1.82, 2.24) is 0 Å². The van der Waals surface area contributed by atoms with Crippen LogP contribution < -0.4 is 0 Å². The molecule has 16 heavy (non-hydrogen) atoms. The van der Waals surface area contributed by atoms with Gasteiger partial charge in [0.05, 0.1) is 6.61 Å². The maximum atomic E-state index is 11.6. The summed E-state index contributed by atoms with van der Waals surface area (Å²) < 4.78 is 4.88. The third kappa shape index (κ3) is 2.54. The molecule has 0 fully saturated rings. The summed E-state index contributed by atoms with van der Waals surface area (Å²) in [4.78, 5) is 11.6. The van der Waals surface area contributed by atoms with Crippen LogP contribution in [0.5, 0.6) is 5.75 Å². The maximum Gasteiger partial charge on any atom is 0.341 e. The molecule has 1 rings (SSSR count). The largest absolute Gasteiger partial charge is 0.507 e. The number of carbonyl (C=O) groups is 1. The van der Waals surface area contributed by atoms with Gasteiger partial charge in [0.15, 0.2) is 0 Å². The Bertz CT molecular complexity index is 389. The number of rotatable bonds is 2. The highest BCUT2D eigenvalue weighted by Crippen LogP contribution is 2.33. The van der Waals surface area contributed by atoms with E-state index in [1.165, 1.54) is 0 Å². The molecule has 88 valence electrons. The minimum Gasteiger partial charge on any atom is -0.507 e. The quantitative estimate of drug-likeness (QED) is 0.783. The summed E-state index contributed by atoms with van der Waals surface area (Å²) in [6, 6.07) is 5.15. The Kier molecular flexibility index (Phi) is 3.58. The molecular weight excluding hydrogens is 204 g/mol. The number of phenols is 1. The van der Waals surface area contributed by atoms with Gasteiger partial charge in [-0.1, -0.05) is 32.9 Å². The standard InChI is InChI=1S/C13H18O3/c1-5-16-12(15)9-7-6-8-10(11(9)14)13(2,3)4/h6-8,14H,5H2,1-4H3. The lowest BCUT2D eigenvalue weighted by Gasteiger charge is -2.21. The van der Waals surface area contributed by atoms with Gasteiger partial charge in [0.25, 0.3) is 0 Å². The topological polar surface area (TPSA) is 46.5 Å². The van der Waals surface area contributed by atoms with Gasteiger partial charge >= 0.3 is 5.97 Å². The van der Waals surface area contributed by atoms with Crippen LogP contribution >= 0.6 is 0 Å². The Morgan fingerprint density at radius 2 is 2.00 bits per heavy atom. The number of para-hydroxylation sites is 1. The molecule has 0 radical (unpaired) electrons. The summed E-state index contributed by atoms with van der Waals surface area (Å²) in [7, 11) is 0. The molecule has 1 aromatic rings. The van der Waals surface area contributed by atoms with Crippen LogP contribution in [-0.2, 0) is 10.2 Å². The highest BCUT2D eigenvalue weighted by Gasteiger charge is 2.22. The highest BCUT2D eigenvalue weighted by molar-refractivity contribution is 5.93. The fourth-order valence-corrected chi connectivity index (χ4v) is 1.52. The van der Waals surface area contributed by atoms with Gasteiger partial charge in [0.2, 0.25) is 0 Å². The van der Waals surface area contributed by atoms with Crippen molar-refractivity contribution >= 4 is 5.97 Å². The molecule has 3 nitrogen and oxygen atoms in total. The number of hydrogen-bond donors (Lipinski definition) is 1. The zero-order valence-corrected chi connectivity index (χ0v) is 10.2. The third-order valence-corrected chi connectivity index (χ3v) is 2.34. The van der Waals surface area contributed by atoms with Gasteiger partial charge in [-0.3, -0.25) is 0 Å². The summed E-state index contributed by atoms with van der Waals surface area (Å²) in [5.41, 5.74) is 0.777. The molecule has 0 amide bonds. The third-order valence-electron chi connectivity index (χ3n) is 2.34. The highest BCUT2D eigenvalue weighted by atomic mass is 16.5. The predicted molar refractivity (Wildman–Crippen MR) is 62.8 cm³/mol. The van der Waals surface area contributed by atoms with Crippen molar-refractivity contribution in [2.24, 2.45) is 0 Å². The summed E-state index contributed by atoms with van der Waals surface area (Å²) in [6.07, 6.45) is 0. The van der Waals surface area contributed by atoms with Gasteiger partial charge in [-0.25, -0.2) is 4.79 Å². The van der Waals surface area contributed by atoms with Crippen LogP contribution in [0.4, 0.5) is 0 Å². The summed E-state index contributed by atoms with van der Waals surface area (Å²) >= 11 is 0. The van der Waals surface area contributed by atoms with E-state index in [1.54, 1.807) is 19.1 Å². The minimum absolute atomic E-state index is 0.0217. The molecule has 3 heteroatoms. The van der Waals surface area contributed by atoms with Crippen molar-refractivity contribution in [2.75, 3.05) is 6.61 Å². The van der Waals surface area contributed by atoms with E-state index in [9.17, 15) is 9.90 Å². The number of carbonyl (C=O) groups excluding carboxylic acids is 1. The van der Waals surface area contributed by atoms with Gasteiger partial charge in [0, 0.05) is 5.56 Å². The van der Waals surface area contributed by atoms with Crippen LogP contribution in [0.3, 0.4) is 0 Å². The second-order valence-corrected chi connectivity index (χ2v) is 4.67. The SMILES string of the molecule is CCOC(=O)c1cccc(C(C)(C)C)c1O. The van der Waals surface area contributed by atoms with E-state index < -0.39 is 5.97 Å². The van der Waals surface area contributed by atoms with Gasteiger partial charge < -0.3 is 9.84 Å². The van der Waals surface area contributed by atoms with Crippen molar-refractivity contribution in [3.05, 3.63) is 29.3 Å². The maximum absolute atomic E-state index is 11.6. The van der Waals surface area contributed by atoms with Crippen LogP contribution in [0.2, 0.25) is 0 Å². The second kappa shape index (κ2) is 4.56. The summed E-state index contributed by atoms with van der Waals surface area (Å²) in [5, 5.41) is 10.0. The number of esters is 1. The molecule has 0 spiro atoms. The normalized spacial score (nSPS) is 11.2. The van der Waals surface area contributed by atoms with Crippen LogP contribution in [0, 0.1) is 0 Å². The van der Waals surface area contributed by atoms with Gasteiger partial charge in [0.1, 0.15) is 11.3 Å². The minimum atomic E-state index is -0.480. The lowest BCUT2D eigenvalue weighted by atomic mass is 9.85. The molecule has 1 aromatic carbocycles. The van der Waals surface area contributed by atoms with Crippen molar-refractivity contribution in [3.63, 3.8) is 0 Å². The van der Waals surface area contributed by atoms with Crippen LogP contribution in [0.1, 0.15) is 43.6 Å². The molecule has 0 aliphatic heterocycles. The number of benzene rings is 1. The van der Waals surface area contributed by atoms with Crippen LogP contribution in [0.25, 0.3) is 0 Å². The molecule has 0 saturated heterocycles. The van der Waals surface area contributed by atoms with Crippen molar-refractivity contribution in [2.45, 2.75) is 33.1 Å². The summed E-state index contributed by atoms with van der Waals surface area (Å²) in [6.45, 7) is 7.99. The van der Waals surface area contributed by atoms with Crippen molar-refractivity contribution < 1.29 is 14.6 Å². The Labute approximate surface area is 96.1 Å². The number of hydrogen-bond acceptors (Lipinski definition) is 3. The fraction of sp³-hybridized carbons (Fsp3) is 0.462. The number of ether oxygens (including phenoxy) is 1. The van der Waals surface area contributed by atoms with Gasteiger partial charge in [-0.2, -0.15) is 0 Å². The molecule has 0 heterocycles. The van der Waals surface area contributed by atoms with E-state index in [0.29, 0.717) is 6.61 Å². The lowest BCUT2D eigenvalue weighted by Crippen LogP contribution is -2.14. The zero-order chi connectivity index (χ0) is 12.3. The first-order chi connectivity index (χ1) is 7.38. The monoisotopic (exact) mass is 222 g/mol. The zero-order valence-electron chi connectivity index (χ0n) is 10.2. The van der Waals surface area contributed by atoms with Gasteiger partial charge in [-0.15, -0.1) is 0 Å². The van der Waals surface area contributed by atoms with E-state index in [1.807, 2.05) is 26.8 Å². The predicted octanol–water partition coefficient (Wildman–Crippen LogP) is 2.87. The first-order valence-electron chi connectivity index (χ1n) is 5.37. The van der Waals surface area contributed by atoms with Crippen LogP contribution in [0.15, 0.2) is 18.2 Å². The molecule has 0 unspecified atom stereocenters. The average Bonchev–Trinajstić information content (AvgIpc) is 2.16. The number of phenolic OH excluding ortho intramolecular Hbond substituents is 1. The molecule has 0 aromatic heterocycles. The molecule has 0 atom stereocenters. The summed E-state index contributed by atoms with van der Waals surface area (Å²) in [5.74, 6) is -0.459. The molecule has 1 N–H and O–H groups in total. The molecule has 0 saturated carbocycles. The van der Waals surface area contributed by atoms with E-state index in [0.717, 1.165) is 5.56 Å². The molecule has 0 aliphatic carbocycles. The lowest BCUT2D eigenvalue weighted by molar-refractivity contribution is 0.0523. The van der Waals surface area contributed by atoms with Gasteiger partial charge in [-0.05, 0) is 18.4 Å². The van der Waals surface area contributed by atoms with E-state index in [-0.39, 0.29) is 16.7 Å². The first kappa shape index (κ1) is 12.6. The number of aromatic hydroxyl groups is 1. The Morgan fingerprint density at radius 3 is 2.50 bits per heavy atom. The second-order valence-electron chi connectivity index (χ2n) is 4.67. The smallest absolute Gasteiger partial charge is 0.341 e. The van der Waals surface area contributed by atoms with Crippen LogP contribution in [-0.4, -0.2) is 17.7 Å². The van der Waals surface area contributed by atoms with Crippen molar-refractivity contribution in [1.29, 1.82) is 0 Å². The Hall–Kier alpha value is -1.51. The molecular formula is C13H18O3. The van der Waals surface area contributed by atoms with E-state index in [2.05, 4.69) is 0 Å². The van der Waals surface area contributed by atoms with E-state index in [4.69, 9.17) is 4.74 Å². The van der Waals surface area contributed by atoms with E-state index >= 15 is 0 Å². The Morgan fingerprint density at radius 1 is 1.38 bits per heavy atom. The fourth-order valence-electron chi connectivity index (χ4n) is 1.52. The Balaban J connectivity index is 3.19. The first-order valence-corrected chi connectivity index (χ1v) is 5.37.